The largest absolute Gasteiger partial charge is 0.413 e. The maximum Gasteiger partial charge on any atom is 0.413 e. The lowest BCUT2D eigenvalue weighted by molar-refractivity contribution is -0.185. The van der Waals surface area contributed by atoms with E-state index in [1.165, 1.54) is 18.2 Å². The molecule has 0 heterocycles. The number of ketones is 1. The maximum absolute atomic E-state index is 12.6. The van der Waals surface area contributed by atoms with Gasteiger partial charge >= 0.3 is 6.18 Å². The predicted molar refractivity (Wildman–Crippen MR) is 63.8 cm³/mol. The monoisotopic (exact) mass is 299 g/mol. The molecule has 0 radical (unpaired) electrons. The number of hydrogen-bond donors (Lipinski definition) is 1. The van der Waals surface area contributed by atoms with Crippen molar-refractivity contribution in [2.75, 3.05) is 0 Å². The number of Topliss-reactive ketones (excluding diaryl/α,β-unsaturated/α-hetero) is 1. The SMILES string of the molecule is CC(N)(C(=O)Cc1ccc(Cl)cc1Cl)C(F)(F)F. The lowest BCUT2D eigenvalue weighted by Crippen LogP contribution is -2.57. The van der Waals surface area contributed by atoms with Gasteiger partial charge in [0.1, 0.15) is 0 Å². The molecular weight excluding hydrogens is 290 g/mol. The van der Waals surface area contributed by atoms with Crippen molar-refractivity contribution in [2.24, 2.45) is 5.73 Å². The van der Waals surface area contributed by atoms with E-state index in [1.54, 1.807) is 0 Å². The first-order valence-electron chi connectivity index (χ1n) is 4.88. The third kappa shape index (κ3) is 3.16. The first kappa shape index (κ1) is 15.3. The number of carbonyl (C=O) groups is 1. The van der Waals surface area contributed by atoms with Crippen LogP contribution in [0.1, 0.15) is 12.5 Å². The van der Waals surface area contributed by atoms with E-state index in [9.17, 15) is 18.0 Å². The van der Waals surface area contributed by atoms with Crippen LogP contribution in [0.5, 0.6) is 0 Å². The Morgan fingerprint density at radius 3 is 2.33 bits per heavy atom. The van der Waals surface area contributed by atoms with Crippen LogP contribution in [0.25, 0.3) is 0 Å². The summed E-state index contributed by atoms with van der Waals surface area (Å²) in [4.78, 5) is 11.6. The molecule has 100 valence electrons. The van der Waals surface area contributed by atoms with Crippen LogP contribution >= 0.6 is 23.2 Å². The van der Waals surface area contributed by atoms with Gasteiger partial charge in [0.15, 0.2) is 11.3 Å². The Balaban J connectivity index is 2.95. The second-order valence-electron chi connectivity index (χ2n) is 4.04. The summed E-state index contributed by atoms with van der Waals surface area (Å²) in [5.74, 6) is -1.15. The molecule has 0 aliphatic carbocycles. The summed E-state index contributed by atoms with van der Waals surface area (Å²) in [6, 6.07) is 4.19. The lowest BCUT2D eigenvalue weighted by Gasteiger charge is -2.26. The molecule has 1 aromatic carbocycles. The van der Waals surface area contributed by atoms with Crippen molar-refractivity contribution in [3.05, 3.63) is 33.8 Å². The van der Waals surface area contributed by atoms with Crippen LogP contribution in [-0.2, 0) is 11.2 Å². The summed E-state index contributed by atoms with van der Waals surface area (Å²) in [5.41, 5.74) is 2.39. The van der Waals surface area contributed by atoms with E-state index < -0.39 is 23.9 Å². The second-order valence-corrected chi connectivity index (χ2v) is 4.88. The van der Waals surface area contributed by atoms with Crippen LogP contribution in [0.4, 0.5) is 13.2 Å². The van der Waals surface area contributed by atoms with Crippen LogP contribution in [-0.4, -0.2) is 17.5 Å². The quantitative estimate of drug-likeness (QED) is 0.930. The Kier molecular flexibility index (Phi) is 4.30. The Morgan fingerprint density at radius 2 is 1.89 bits per heavy atom. The zero-order chi connectivity index (χ0) is 14.1. The first-order chi connectivity index (χ1) is 8.05. The summed E-state index contributed by atoms with van der Waals surface area (Å²) in [6.07, 6.45) is -5.30. The van der Waals surface area contributed by atoms with Gasteiger partial charge in [-0.25, -0.2) is 0 Å². The Hall–Kier alpha value is -0.780. The molecule has 0 spiro atoms. The molecule has 2 nitrogen and oxygen atoms in total. The van der Waals surface area contributed by atoms with Crippen LogP contribution in [0.3, 0.4) is 0 Å². The number of carbonyl (C=O) groups excluding carboxylic acids is 1. The molecule has 0 aliphatic heterocycles. The average Bonchev–Trinajstić information content (AvgIpc) is 2.20. The lowest BCUT2D eigenvalue weighted by atomic mass is 9.92. The molecule has 18 heavy (non-hydrogen) atoms. The molecule has 1 unspecified atom stereocenters. The van der Waals surface area contributed by atoms with Gasteiger partial charge in [0.25, 0.3) is 0 Å². The van der Waals surface area contributed by atoms with Crippen LogP contribution < -0.4 is 5.73 Å². The summed E-state index contributed by atoms with van der Waals surface area (Å²) < 4.78 is 37.7. The summed E-state index contributed by atoms with van der Waals surface area (Å²) >= 11 is 11.4. The number of nitrogens with two attached hydrogens (primary N) is 1. The van der Waals surface area contributed by atoms with Gasteiger partial charge < -0.3 is 5.73 Å². The fraction of sp³-hybridized carbons (Fsp3) is 0.364. The zero-order valence-corrected chi connectivity index (χ0v) is 10.8. The average molecular weight is 300 g/mol. The highest BCUT2D eigenvalue weighted by molar-refractivity contribution is 6.35. The topological polar surface area (TPSA) is 43.1 Å². The second kappa shape index (κ2) is 5.07. The molecule has 0 aromatic heterocycles. The summed E-state index contributed by atoms with van der Waals surface area (Å²) in [6.45, 7) is 0.638. The number of halogens is 5. The van der Waals surface area contributed by atoms with Crippen LogP contribution in [0.15, 0.2) is 18.2 Å². The molecule has 0 aliphatic rings. The minimum atomic E-state index is -4.80. The van der Waals surface area contributed by atoms with Crippen LogP contribution in [0, 0.1) is 0 Å². The summed E-state index contributed by atoms with van der Waals surface area (Å²) in [5, 5.41) is 0.469. The molecule has 0 saturated heterocycles. The summed E-state index contributed by atoms with van der Waals surface area (Å²) in [7, 11) is 0. The molecular formula is C11H10Cl2F3NO. The molecule has 0 saturated carbocycles. The van der Waals surface area contributed by atoms with E-state index in [-0.39, 0.29) is 10.6 Å². The molecule has 1 atom stereocenters. The van der Waals surface area contributed by atoms with Gasteiger partial charge in [-0.15, -0.1) is 0 Å². The van der Waals surface area contributed by atoms with Crippen molar-refractivity contribution >= 4 is 29.0 Å². The predicted octanol–water partition coefficient (Wildman–Crippen LogP) is 3.38. The maximum atomic E-state index is 12.6. The van der Waals surface area contributed by atoms with Crippen molar-refractivity contribution in [3.8, 4) is 0 Å². The minimum Gasteiger partial charge on any atom is -0.312 e. The molecule has 0 fully saturated rings. The highest BCUT2D eigenvalue weighted by Gasteiger charge is 2.53. The number of alkyl halides is 3. The zero-order valence-electron chi connectivity index (χ0n) is 9.31. The van der Waals surface area contributed by atoms with E-state index in [4.69, 9.17) is 28.9 Å². The molecule has 7 heteroatoms. The molecule has 2 N–H and O–H groups in total. The number of rotatable bonds is 3. The molecule has 1 aromatic rings. The van der Waals surface area contributed by atoms with Crippen LogP contribution in [0.2, 0.25) is 10.0 Å². The van der Waals surface area contributed by atoms with E-state index in [2.05, 4.69) is 0 Å². The van der Waals surface area contributed by atoms with Gasteiger partial charge in [0, 0.05) is 16.5 Å². The highest BCUT2D eigenvalue weighted by atomic mass is 35.5. The van der Waals surface area contributed by atoms with E-state index in [0.717, 1.165) is 0 Å². The van der Waals surface area contributed by atoms with Gasteiger partial charge in [-0.3, -0.25) is 4.79 Å². The van der Waals surface area contributed by atoms with Gasteiger partial charge in [0.2, 0.25) is 0 Å². The van der Waals surface area contributed by atoms with Crippen molar-refractivity contribution < 1.29 is 18.0 Å². The van der Waals surface area contributed by atoms with Gasteiger partial charge in [-0.05, 0) is 24.6 Å². The Morgan fingerprint density at radius 1 is 1.33 bits per heavy atom. The minimum absolute atomic E-state index is 0.133. The fourth-order valence-corrected chi connectivity index (χ4v) is 1.66. The molecule has 1 rings (SSSR count). The normalized spacial score (nSPS) is 15.3. The van der Waals surface area contributed by atoms with E-state index in [0.29, 0.717) is 11.9 Å². The fourth-order valence-electron chi connectivity index (χ4n) is 1.18. The standard InChI is InChI=1S/C11H10Cl2F3NO/c1-10(17,11(14,15)16)9(18)4-6-2-3-7(12)5-8(6)13/h2-3,5H,4,17H2,1H3. The third-order valence-electron chi connectivity index (χ3n) is 2.53. The van der Waals surface area contributed by atoms with E-state index in [1.807, 2.05) is 0 Å². The molecule has 0 amide bonds. The van der Waals surface area contributed by atoms with E-state index >= 15 is 0 Å². The van der Waals surface area contributed by atoms with Crippen molar-refractivity contribution in [1.29, 1.82) is 0 Å². The molecule has 0 bridgehead atoms. The van der Waals surface area contributed by atoms with Gasteiger partial charge in [-0.2, -0.15) is 13.2 Å². The van der Waals surface area contributed by atoms with Crippen molar-refractivity contribution in [2.45, 2.75) is 25.1 Å². The van der Waals surface area contributed by atoms with Crippen molar-refractivity contribution in [3.63, 3.8) is 0 Å². The number of benzene rings is 1. The van der Waals surface area contributed by atoms with Gasteiger partial charge in [-0.1, -0.05) is 29.3 Å². The Bertz CT molecular complexity index is 472. The smallest absolute Gasteiger partial charge is 0.312 e. The van der Waals surface area contributed by atoms with Gasteiger partial charge in [0.05, 0.1) is 0 Å². The Labute approximate surface area is 112 Å². The number of hydrogen-bond acceptors (Lipinski definition) is 2. The van der Waals surface area contributed by atoms with Crippen molar-refractivity contribution in [1.82, 2.24) is 0 Å². The third-order valence-corrected chi connectivity index (χ3v) is 3.12. The first-order valence-corrected chi connectivity index (χ1v) is 5.64. The highest BCUT2D eigenvalue weighted by Crippen LogP contribution is 2.30.